The van der Waals surface area contributed by atoms with E-state index in [1.165, 1.54) is 22.5 Å². The molecule has 3 rings (SSSR count). The molecule has 0 aromatic heterocycles. The fourth-order valence-electron chi connectivity index (χ4n) is 3.07. The van der Waals surface area contributed by atoms with E-state index in [2.05, 4.69) is 5.32 Å². The van der Waals surface area contributed by atoms with Gasteiger partial charge in [0.15, 0.2) is 0 Å². The fraction of sp³-hybridized carbons (Fsp3) is 0.316. The Labute approximate surface area is 174 Å². The Kier molecular flexibility index (Phi) is 6.31. The van der Waals surface area contributed by atoms with E-state index in [-0.39, 0.29) is 40.8 Å². The zero-order chi connectivity index (χ0) is 20.5. The van der Waals surface area contributed by atoms with Crippen molar-refractivity contribution < 1.29 is 17.9 Å². The Balaban J connectivity index is 1.91. The number of sulfonamides is 1. The third kappa shape index (κ3) is 4.50. The van der Waals surface area contributed by atoms with Gasteiger partial charge >= 0.3 is 0 Å². The van der Waals surface area contributed by atoms with Gasteiger partial charge in [0.1, 0.15) is 4.90 Å². The molecule has 150 valence electrons. The van der Waals surface area contributed by atoms with Crippen molar-refractivity contribution in [2.45, 2.75) is 31.0 Å². The summed E-state index contributed by atoms with van der Waals surface area (Å²) in [5.41, 5.74) is 0.599. The highest BCUT2D eigenvalue weighted by Gasteiger charge is 2.33. The minimum absolute atomic E-state index is 0.0566. The van der Waals surface area contributed by atoms with Crippen molar-refractivity contribution in [1.29, 1.82) is 0 Å². The van der Waals surface area contributed by atoms with Crippen LogP contribution in [0.2, 0.25) is 10.0 Å². The van der Waals surface area contributed by atoms with Gasteiger partial charge in [-0.2, -0.15) is 4.31 Å². The number of halogens is 2. The van der Waals surface area contributed by atoms with Gasteiger partial charge in [-0.1, -0.05) is 35.3 Å². The molecular formula is C19H20Cl2N2O4S. The van der Waals surface area contributed by atoms with E-state index in [0.717, 1.165) is 0 Å². The van der Waals surface area contributed by atoms with Gasteiger partial charge in [0.05, 0.1) is 27.9 Å². The van der Waals surface area contributed by atoms with Crippen molar-refractivity contribution in [3.05, 3.63) is 58.1 Å². The van der Waals surface area contributed by atoms with Gasteiger partial charge in [0.25, 0.3) is 5.91 Å². The lowest BCUT2D eigenvalue weighted by Crippen LogP contribution is -2.48. The summed E-state index contributed by atoms with van der Waals surface area (Å²) in [4.78, 5) is 12.5. The first-order valence-electron chi connectivity index (χ1n) is 8.69. The number of nitrogens with zero attached hydrogens (tertiary/aromatic N) is 1. The standard InChI is InChI=1S/C19H20Cl2N2O4S/c1-12-10-23(11-13(2)27-12)28(25,26)18-9-14(7-8-16(18)21)19(24)22-17-6-4-3-5-15(17)20/h3-9,12-13H,10-11H2,1-2H3,(H,22,24). The van der Waals surface area contributed by atoms with Gasteiger partial charge in [-0.25, -0.2) is 8.42 Å². The molecule has 1 N–H and O–H groups in total. The molecule has 2 atom stereocenters. The number of morpholine rings is 1. The van der Waals surface area contributed by atoms with Crippen LogP contribution in [-0.2, 0) is 14.8 Å². The topological polar surface area (TPSA) is 75.7 Å². The maximum atomic E-state index is 13.1. The van der Waals surface area contributed by atoms with E-state index in [0.29, 0.717) is 10.7 Å². The summed E-state index contributed by atoms with van der Waals surface area (Å²) in [6.45, 7) is 4.07. The molecule has 6 nitrogen and oxygen atoms in total. The molecule has 1 aliphatic heterocycles. The second kappa shape index (κ2) is 8.39. The molecule has 2 aromatic carbocycles. The van der Waals surface area contributed by atoms with Gasteiger partial charge < -0.3 is 10.1 Å². The average Bonchev–Trinajstić information content (AvgIpc) is 2.63. The van der Waals surface area contributed by atoms with Crippen molar-refractivity contribution in [3.8, 4) is 0 Å². The van der Waals surface area contributed by atoms with Crippen LogP contribution in [0, 0.1) is 0 Å². The van der Waals surface area contributed by atoms with E-state index in [9.17, 15) is 13.2 Å². The summed E-state index contributed by atoms with van der Waals surface area (Å²) < 4.78 is 33.2. The summed E-state index contributed by atoms with van der Waals surface area (Å²) in [6.07, 6.45) is -0.465. The van der Waals surface area contributed by atoms with Crippen molar-refractivity contribution in [2.75, 3.05) is 18.4 Å². The van der Waals surface area contributed by atoms with Crippen LogP contribution in [0.5, 0.6) is 0 Å². The summed E-state index contributed by atoms with van der Waals surface area (Å²) in [7, 11) is -3.88. The van der Waals surface area contributed by atoms with Crippen LogP contribution in [0.3, 0.4) is 0 Å². The molecule has 9 heteroatoms. The Morgan fingerprint density at radius 3 is 2.36 bits per heavy atom. The Bertz CT molecular complexity index is 987. The quantitative estimate of drug-likeness (QED) is 0.774. The number of carbonyl (C=O) groups excluding carboxylic acids is 1. The van der Waals surface area contributed by atoms with E-state index >= 15 is 0 Å². The maximum Gasteiger partial charge on any atom is 0.255 e. The number of anilines is 1. The van der Waals surface area contributed by atoms with Crippen LogP contribution < -0.4 is 5.32 Å². The molecule has 1 aliphatic rings. The number of amides is 1. The Hall–Kier alpha value is -1.64. The van der Waals surface area contributed by atoms with Gasteiger partial charge in [0, 0.05) is 18.7 Å². The number of para-hydroxylation sites is 1. The molecular weight excluding hydrogens is 423 g/mol. The lowest BCUT2D eigenvalue weighted by atomic mass is 10.2. The number of ether oxygens (including phenoxy) is 1. The molecule has 0 aliphatic carbocycles. The molecule has 28 heavy (non-hydrogen) atoms. The van der Waals surface area contributed by atoms with Crippen LogP contribution in [0.25, 0.3) is 0 Å². The largest absolute Gasteiger partial charge is 0.373 e. The third-order valence-electron chi connectivity index (χ3n) is 4.32. The van der Waals surface area contributed by atoms with E-state index in [1.807, 2.05) is 13.8 Å². The molecule has 1 fully saturated rings. The number of hydrogen-bond acceptors (Lipinski definition) is 4. The highest BCUT2D eigenvalue weighted by Crippen LogP contribution is 2.29. The van der Waals surface area contributed by atoms with E-state index < -0.39 is 15.9 Å². The highest BCUT2D eigenvalue weighted by atomic mass is 35.5. The monoisotopic (exact) mass is 442 g/mol. The zero-order valence-electron chi connectivity index (χ0n) is 15.4. The predicted molar refractivity (Wildman–Crippen MR) is 110 cm³/mol. The summed E-state index contributed by atoms with van der Waals surface area (Å²) in [5.74, 6) is -0.482. The van der Waals surface area contributed by atoms with Crippen LogP contribution in [0.15, 0.2) is 47.4 Å². The minimum Gasteiger partial charge on any atom is -0.373 e. The number of benzene rings is 2. The predicted octanol–water partition coefficient (Wildman–Crippen LogP) is 4.04. The summed E-state index contributed by atoms with van der Waals surface area (Å²) in [6, 6.07) is 10.9. The van der Waals surface area contributed by atoms with E-state index in [1.54, 1.807) is 24.3 Å². The average molecular weight is 443 g/mol. The first kappa shape index (κ1) is 21.1. The molecule has 1 amide bonds. The lowest BCUT2D eigenvalue weighted by Gasteiger charge is -2.34. The van der Waals surface area contributed by atoms with Gasteiger partial charge in [-0.15, -0.1) is 0 Å². The van der Waals surface area contributed by atoms with Gasteiger partial charge in [-0.3, -0.25) is 4.79 Å². The summed E-state index contributed by atoms with van der Waals surface area (Å²) in [5, 5.41) is 3.12. The van der Waals surface area contributed by atoms with Gasteiger partial charge in [0.2, 0.25) is 10.0 Å². The molecule has 1 heterocycles. The minimum atomic E-state index is -3.88. The molecule has 0 spiro atoms. The molecule has 0 saturated carbocycles. The first-order valence-corrected chi connectivity index (χ1v) is 10.9. The molecule has 0 radical (unpaired) electrons. The zero-order valence-corrected chi connectivity index (χ0v) is 17.7. The number of hydrogen-bond donors (Lipinski definition) is 1. The molecule has 2 unspecified atom stereocenters. The second-order valence-electron chi connectivity index (χ2n) is 6.66. The van der Waals surface area contributed by atoms with Crippen LogP contribution >= 0.6 is 23.2 Å². The van der Waals surface area contributed by atoms with Crippen LogP contribution in [0.1, 0.15) is 24.2 Å². The van der Waals surface area contributed by atoms with Gasteiger partial charge in [-0.05, 0) is 44.2 Å². The summed E-state index contributed by atoms with van der Waals surface area (Å²) >= 11 is 12.2. The number of nitrogens with one attached hydrogen (secondary N) is 1. The second-order valence-corrected chi connectivity index (χ2v) is 9.38. The Morgan fingerprint density at radius 2 is 1.71 bits per heavy atom. The Morgan fingerprint density at radius 1 is 1.07 bits per heavy atom. The third-order valence-corrected chi connectivity index (χ3v) is 6.96. The first-order chi connectivity index (χ1) is 13.2. The smallest absolute Gasteiger partial charge is 0.255 e. The number of rotatable bonds is 4. The number of carbonyl (C=O) groups is 1. The van der Waals surface area contributed by atoms with Crippen LogP contribution in [0.4, 0.5) is 5.69 Å². The molecule has 2 aromatic rings. The lowest BCUT2D eigenvalue weighted by molar-refractivity contribution is -0.0440. The highest BCUT2D eigenvalue weighted by molar-refractivity contribution is 7.89. The van der Waals surface area contributed by atoms with Crippen molar-refractivity contribution in [2.24, 2.45) is 0 Å². The molecule has 0 bridgehead atoms. The van der Waals surface area contributed by atoms with Crippen molar-refractivity contribution >= 4 is 44.8 Å². The molecule has 1 saturated heterocycles. The fourth-order valence-corrected chi connectivity index (χ4v) is 5.34. The van der Waals surface area contributed by atoms with Crippen molar-refractivity contribution in [3.63, 3.8) is 0 Å². The maximum absolute atomic E-state index is 13.1. The normalized spacial score (nSPS) is 20.7. The van der Waals surface area contributed by atoms with Crippen LogP contribution in [-0.4, -0.2) is 43.9 Å². The van der Waals surface area contributed by atoms with E-state index in [4.69, 9.17) is 27.9 Å². The van der Waals surface area contributed by atoms with Crippen molar-refractivity contribution in [1.82, 2.24) is 4.31 Å². The SMILES string of the molecule is CC1CN(S(=O)(=O)c2cc(C(=O)Nc3ccccc3Cl)ccc2Cl)CC(C)O1.